The topological polar surface area (TPSA) is 122 Å². The maximum atomic E-state index is 11.0. The number of nitro benzene ring substituents is 1. The normalized spacial score (nSPS) is 17.3. The van der Waals surface area contributed by atoms with Crippen LogP contribution in [0.25, 0.3) is 0 Å². The van der Waals surface area contributed by atoms with Crippen molar-refractivity contribution in [2.45, 2.75) is 19.8 Å². The molecule has 2 saturated heterocycles. The maximum absolute atomic E-state index is 11.0. The first-order chi connectivity index (χ1) is 14.6. The number of nitro groups is 1. The molecule has 3 heterocycles. The summed E-state index contributed by atoms with van der Waals surface area (Å²) in [5, 5.41) is 15.4. The number of ether oxygens (including phenoxy) is 1. The Kier molecular flexibility index (Phi) is 5.98. The number of hydrogen-bond donors (Lipinski definition) is 1. The highest BCUT2D eigenvalue weighted by Gasteiger charge is 2.21. The van der Waals surface area contributed by atoms with E-state index in [1.165, 1.54) is 12.1 Å². The minimum atomic E-state index is -0.423. The highest BCUT2D eigenvalue weighted by molar-refractivity contribution is 5.99. The van der Waals surface area contributed by atoms with Gasteiger partial charge in [-0.15, -0.1) is 0 Å². The third kappa shape index (κ3) is 4.62. The number of aromatic nitrogens is 3. The van der Waals surface area contributed by atoms with Gasteiger partial charge in [-0.05, 0) is 19.8 Å². The molecule has 2 aliphatic heterocycles. The lowest BCUT2D eigenvalue weighted by molar-refractivity contribution is -0.384. The Bertz CT molecular complexity index is 939. The molecule has 1 N–H and O–H groups in total. The molecule has 2 aromatic rings. The van der Waals surface area contributed by atoms with E-state index >= 15 is 0 Å². The van der Waals surface area contributed by atoms with Crippen LogP contribution in [0.1, 0.15) is 25.3 Å². The average Bonchev–Trinajstić information content (AvgIpc) is 3.33. The first kappa shape index (κ1) is 20.0. The van der Waals surface area contributed by atoms with Crippen LogP contribution >= 0.6 is 0 Å². The largest absolute Gasteiger partial charge is 0.378 e. The Morgan fingerprint density at radius 2 is 1.77 bits per heavy atom. The minimum absolute atomic E-state index is 0.0214. The molecule has 0 saturated carbocycles. The van der Waals surface area contributed by atoms with Crippen molar-refractivity contribution in [1.29, 1.82) is 0 Å². The van der Waals surface area contributed by atoms with Gasteiger partial charge in [0.25, 0.3) is 5.69 Å². The van der Waals surface area contributed by atoms with Crippen molar-refractivity contribution in [3.05, 3.63) is 39.9 Å². The number of anilines is 3. The molecule has 0 radical (unpaired) electrons. The number of non-ortho nitro benzene ring substituents is 1. The van der Waals surface area contributed by atoms with Gasteiger partial charge < -0.3 is 14.5 Å². The maximum Gasteiger partial charge on any atom is 0.270 e. The fourth-order valence-corrected chi connectivity index (χ4v) is 3.41. The van der Waals surface area contributed by atoms with Crippen molar-refractivity contribution in [3.63, 3.8) is 0 Å². The van der Waals surface area contributed by atoms with Crippen LogP contribution in [-0.2, 0) is 4.74 Å². The van der Waals surface area contributed by atoms with Crippen LogP contribution in [0.3, 0.4) is 0 Å². The van der Waals surface area contributed by atoms with Crippen LogP contribution in [-0.4, -0.2) is 65.0 Å². The van der Waals surface area contributed by atoms with E-state index in [9.17, 15) is 10.1 Å². The van der Waals surface area contributed by atoms with Gasteiger partial charge in [0.15, 0.2) is 0 Å². The number of hydrazone groups is 1. The summed E-state index contributed by atoms with van der Waals surface area (Å²) in [6, 6.07) is 6.35. The van der Waals surface area contributed by atoms with Gasteiger partial charge in [-0.3, -0.25) is 10.1 Å². The molecule has 0 amide bonds. The molecule has 0 spiro atoms. The highest BCUT2D eigenvalue weighted by atomic mass is 16.6. The van der Waals surface area contributed by atoms with Crippen molar-refractivity contribution in [2.75, 3.05) is 54.6 Å². The third-order valence-corrected chi connectivity index (χ3v) is 5.09. The van der Waals surface area contributed by atoms with Crippen LogP contribution in [0.4, 0.5) is 23.5 Å². The predicted molar refractivity (Wildman–Crippen MR) is 113 cm³/mol. The second-order valence-corrected chi connectivity index (χ2v) is 7.17. The van der Waals surface area contributed by atoms with Crippen molar-refractivity contribution in [1.82, 2.24) is 15.0 Å². The molecule has 2 aliphatic rings. The Morgan fingerprint density at radius 3 is 2.43 bits per heavy atom. The van der Waals surface area contributed by atoms with E-state index in [4.69, 9.17) is 4.74 Å². The van der Waals surface area contributed by atoms with Crippen molar-refractivity contribution in [3.8, 4) is 0 Å². The molecule has 0 bridgehead atoms. The molecule has 0 unspecified atom stereocenters. The van der Waals surface area contributed by atoms with Crippen molar-refractivity contribution < 1.29 is 9.66 Å². The van der Waals surface area contributed by atoms with E-state index < -0.39 is 4.92 Å². The second kappa shape index (κ2) is 8.99. The molecule has 30 heavy (non-hydrogen) atoms. The lowest BCUT2D eigenvalue weighted by Gasteiger charge is -2.27. The van der Waals surface area contributed by atoms with E-state index in [0.717, 1.165) is 39.0 Å². The van der Waals surface area contributed by atoms with Crippen LogP contribution in [0.15, 0.2) is 29.4 Å². The first-order valence-corrected chi connectivity index (χ1v) is 9.99. The van der Waals surface area contributed by atoms with Gasteiger partial charge in [0.2, 0.25) is 17.8 Å². The second-order valence-electron chi connectivity index (χ2n) is 7.17. The van der Waals surface area contributed by atoms with Crippen LogP contribution in [0.5, 0.6) is 0 Å². The first-order valence-electron chi connectivity index (χ1n) is 9.99. The third-order valence-electron chi connectivity index (χ3n) is 5.09. The Labute approximate surface area is 173 Å². The van der Waals surface area contributed by atoms with Crippen molar-refractivity contribution in [2.24, 2.45) is 5.10 Å². The zero-order valence-corrected chi connectivity index (χ0v) is 16.8. The number of rotatable bonds is 6. The molecule has 4 rings (SSSR count). The lowest BCUT2D eigenvalue weighted by Crippen LogP contribution is -2.38. The van der Waals surface area contributed by atoms with Crippen LogP contribution < -0.4 is 15.2 Å². The Balaban J connectivity index is 1.59. The van der Waals surface area contributed by atoms with Gasteiger partial charge in [-0.2, -0.15) is 20.1 Å². The summed E-state index contributed by atoms with van der Waals surface area (Å²) in [5.74, 6) is 1.58. The van der Waals surface area contributed by atoms with Gasteiger partial charge in [0.1, 0.15) is 0 Å². The molecule has 158 valence electrons. The smallest absolute Gasteiger partial charge is 0.270 e. The van der Waals surface area contributed by atoms with Gasteiger partial charge in [0, 0.05) is 43.9 Å². The predicted octanol–water partition coefficient (Wildman–Crippen LogP) is 2.05. The van der Waals surface area contributed by atoms with E-state index in [1.807, 2.05) is 0 Å². The van der Waals surface area contributed by atoms with Gasteiger partial charge in [-0.25, -0.2) is 5.43 Å². The highest BCUT2D eigenvalue weighted by Crippen LogP contribution is 2.21. The molecule has 11 heteroatoms. The summed E-state index contributed by atoms with van der Waals surface area (Å²) < 4.78 is 5.43. The molecule has 1 aromatic carbocycles. The van der Waals surface area contributed by atoms with Gasteiger partial charge >= 0.3 is 0 Å². The van der Waals surface area contributed by atoms with Crippen molar-refractivity contribution >= 4 is 29.2 Å². The zero-order chi connectivity index (χ0) is 20.9. The SMILES string of the molecule is C/C(=N/Nc1nc(N2CCCC2)nc(N2CCOCC2)n1)c1cccc([N+](=O)[O-])c1. The van der Waals surface area contributed by atoms with E-state index in [1.54, 1.807) is 19.1 Å². The average molecular weight is 412 g/mol. The molecular formula is C19H24N8O3. The van der Waals surface area contributed by atoms with Crippen LogP contribution in [0.2, 0.25) is 0 Å². The molecule has 11 nitrogen and oxygen atoms in total. The molecule has 2 fully saturated rings. The lowest BCUT2D eigenvalue weighted by atomic mass is 10.1. The summed E-state index contributed by atoms with van der Waals surface area (Å²) in [4.78, 5) is 28.6. The number of nitrogens with zero attached hydrogens (tertiary/aromatic N) is 7. The number of benzene rings is 1. The summed E-state index contributed by atoms with van der Waals surface area (Å²) in [6.07, 6.45) is 2.23. The summed E-state index contributed by atoms with van der Waals surface area (Å²) in [6.45, 7) is 6.33. The van der Waals surface area contributed by atoms with Gasteiger partial charge in [0.05, 0.1) is 23.8 Å². The number of hydrogen-bond acceptors (Lipinski definition) is 10. The summed E-state index contributed by atoms with van der Waals surface area (Å²) in [7, 11) is 0. The van der Waals surface area contributed by atoms with E-state index in [2.05, 4.69) is 35.3 Å². The minimum Gasteiger partial charge on any atom is -0.378 e. The monoisotopic (exact) mass is 412 g/mol. The summed E-state index contributed by atoms with van der Waals surface area (Å²) in [5.41, 5.74) is 4.17. The van der Waals surface area contributed by atoms with E-state index in [-0.39, 0.29) is 5.69 Å². The Hall–Kier alpha value is -3.34. The van der Waals surface area contributed by atoms with Crippen LogP contribution in [0, 0.1) is 10.1 Å². The van der Waals surface area contributed by atoms with E-state index in [0.29, 0.717) is 42.3 Å². The molecular weight excluding hydrogens is 388 g/mol. The standard InChI is InChI=1S/C19H24N8O3/c1-14(15-5-4-6-16(13-15)27(28)29)23-24-17-20-18(25-7-2-3-8-25)22-19(21-17)26-9-11-30-12-10-26/h4-6,13H,2-3,7-12H2,1H3,(H,20,21,22,24)/b23-14-. The summed E-state index contributed by atoms with van der Waals surface area (Å²) >= 11 is 0. The van der Waals surface area contributed by atoms with Gasteiger partial charge in [-0.1, -0.05) is 12.1 Å². The molecule has 0 atom stereocenters. The Morgan fingerprint density at radius 1 is 1.10 bits per heavy atom. The molecule has 1 aromatic heterocycles. The molecule has 0 aliphatic carbocycles. The number of morpholine rings is 1. The fourth-order valence-electron chi connectivity index (χ4n) is 3.41. The quantitative estimate of drug-likeness (QED) is 0.431. The fraction of sp³-hybridized carbons (Fsp3) is 0.474. The number of nitrogens with one attached hydrogen (secondary N) is 1. The zero-order valence-electron chi connectivity index (χ0n) is 16.8.